The first kappa shape index (κ1) is 16.0. The number of rotatable bonds is 8. The van der Waals surface area contributed by atoms with Crippen LogP contribution >= 0.6 is 0 Å². The summed E-state index contributed by atoms with van der Waals surface area (Å²) in [6.45, 7) is 9.32. The van der Waals surface area contributed by atoms with Crippen molar-refractivity contribution in [2.24, 2.45) is 0 Å². The van der Waals surface area contributed by atoms with Crippen LogP contribution in [0.25, 0.3) is 0 Å². The molecule has 0 aromatic carbocycles. The van der Waals surface area contributed by atoms with E-state index in [1.807, 2.05) is 4.68 Å². The molecular weight excluding hydrogens is 242 g/mol. The predicted molar refractivity (Wildman–Crippen MR) is 76.7 cm³/mol. The Morgan fingerprint density at radius 2 is 2.00 bits per heavy atom. The van der Waals surface area contributed by atoms with Crippen LogP contribution in [0.5, 0.6) is 5.75 Å². The number of hydrogen-bond donors (Lipinski definition) is 1. The Morgan fingerprint density at radius 3 is 2.47 bits per heavy atom. The van der Waals surface area contributed by atoms with E-state index in [-0.39, 0.29) is 12.1 Å². The first-order chi connectivity index (χ1) is 9.04. The largest absolute Gasteiger partial charge is 0.493 e. The lowest BCUT2D eigenvalue weighted by atomic mass is 10.1. The fourth-order valence-corrected chi connectivity index (χ4v) is 2.22. The van der Waals surface area contributed by atoms with Crippen LogP contribution in [0, 0.1) is 0 Å². The second kappa shape index (κ2) is 7.50. The SMILES string of the molecule is CCNC(CC(C)OC)c1c(OC)cnn1C(C)C. The minimum atomic E-state index is 0.180. The normalized spacial score (nSPS) is 14.7. The Hall–Kier alpha value is -1.07. The fraction of sp³-hybridized carbons (Fsp3) is 0.786. The van der Waals surface area contributed by atoms with Gasteiger partial charge in [0.05, 0.1) is 31.1 Å². The molecule has 0 radical (unpaired) electrons. The Kier molecular flexibility index (Phi) is 6.31. The molecule has 5 heteroatoms. The topological polar surface area (TPSA) is 48.3 Å². The Bertz CT molecular complexity index is 377. The third kappa shape index (κ3) is 3.94. The summed E-state index contributed by atoms with van der Waals surface area (Å²) in [6, 6.07) is 0.484. The van der Waals surface area contributed by atoms with Gasteiger partial charge >= 0.3 is 0 Å². The molecule has 1 heterocycles. The smallest absolute Gasteiger partial charge is 0.161 e. The highest BCUT2D eigenvalue weighted by Crippen LogP contribution is 2.30. The summed E-state index contributed by atoms with van der Waals surface area (Å²) in [5.74, 6) is 0.836. The zero-order chi connectivity index (χ0) is 14.4. The Morgan fingerprint density at radius 1 is 1.32 bits per heavy atom. The van der Waals surface area contributed by atoms with Crippen molar-refractivity contribution in [2.45, 2.75) is 52.3 Å². The molecule has 19 heavy (non-hydrogen) atoms. The van der Waals surface area contributed by atoms with E-state index in [0.717, 1.165) is 24.4 Å². The van der Waals surface area contributed by atoms with Gasteiger partial charge in [-0.1, -0.05) is 6.92 Å². The second-order valence-electron chi connectivity index (χ2n) is 5.03. The highest BCUT2D eigenvalue weighted by atomic mass is 16.5. The highest BCUT2D eigenvalue weighted by molar-refractivity contribution is 5.29. The van der Waals surface area contributed by atoms with Crippen LogP contribution in [0.2, 0.25) is 0 Å². The van der Waals surface area contributed by atoms with Crippen LogP contribution in [0.15, 0.2) is 6.20 Å². The van der Waals surface area contributed by atoms with Crippen LogP contribution in [0.3, 0.4) is 0 Å². The van der Waals surface area contributed by atoms with Gasteiger partial charge in [0, 0.05) is 13.2 Å². The molecule has 2 atom stereocenters. The minimum Gasteiger partial charge on any atom is -0.493 e. The second-order valence-corrected chi connectivity index (χ2v) is 5.03. The number of hydrogen-bond acceptors (Lipinski definition) is 4. The van der Waals surface area contributed by atoms with Crippen molar-refractivity contribution in [1.82, 2.24) is 15.1 Å². The molecule has 0 bridgehead atoms. The number of nitrogens with zero attached hydrogens (tertiary/aromatic N) is 2. The zero-order valence-corrected chi connectivity index (χ0v) is 12.9. The predicted octanol–water partition coefficient (Wildman–Crippen LogP) is 2.55. The molecule has 0 spiro atoms. The van der Waals surface area contributed by atoms with Gasteiger partial charge < -0.3 is 14.8 Å². The molecule has 110 valence electrons. The summed E-state index contributed by atoms with van der Waals surface area (Å²) in [6.07, 6.45) is 2.86. The van der Waals surface area contributed by atoms with E-state index in [2.05, 4.69) is 38.1 Å². The van der Waals surface area contributed by atoms with Gasteiger partial charge in [0.2, 0.25) is 0 Å². The van der Waals surface area contributed by atoms with Gasteiger partial charge in [-0.3, -0.25) is 4.68 Å². The van der Waals surface area contributed by atoms with Gasteiger partial charge in [0.15, 0.2) is 5.75 Å². The van der Waals surface area contributed by atoms with Crippen LogP contribution in [0.1, 0.15) is 51.9 Å². The molecule has 1 aromatic rings. The third-order valence-corrected chi connectivity index (χ3v) is 3.26. The van der Waals surface area contributed by atoms with Crippen LogP contribution < -0.4 is 10.1 Å². The molecule has 0 saturated heterocycles. The molecule has 1 aromatic heterocycles. The van der Waals surface area contributed by atoms with Crippen molar-refractivity contribution in [3.8, 4) is 5.75 Å². The minimum absolute atomic E-state index is 0.180. The summed E-state index contributed by atoms with van der Waals surface area (Å²) in [7, 11) is 3.43. The molecule has 0 amide bonds. The van der Waals surface area contributed by atoms with Crippen LogP contribution in [-0.4, -0.2) is 36.6 Å². The van der Waals surface area contributed by atoms with Crippen LogP contribution in [-0.2, 0) is 4.74 Å². The first-order valence-electron chi connectivity index (χ1n) is 6.92. The van der Waals surface area contributed by atoms with Crippen molar-refractivity contribution >= 4 is 0 Å². The summed E-state index contributed by atoms with van der Waals surface area (Å²) in [5, 5.41) is 7.93. The van der Waals surface area contributed by atoms with Crippen molar-refractivity contribution in [3.05, 3.63) is 11.9 Å². The third-order valence-electron chi connectivity index (χ3n) is 3.26. The van der Waals surface area contributed by atoms with E-state index in [1.54, 1.807) is 20.4 Å². The molecule has 1 rings (SSSR count). The molecule has 0 aliphatic heterocycles. The van der Waals surface area contributed by atoms with E-state index in [9.17, 15) is 0 Å². The number of methoxy groups -OCH3 is 2. The van der Waals surface area contributed by atoms with Gasteiger partial charge in [-0.25, -0.2) is 0 Å². The summed E-state index contributed by atoms with van der Waals surface area (Å²) in [4.78, 5) is 0. The maximum atomic E-state index is 5.45. The average molecular weight is 269 g/mol. The highest BCUT2D eigenvalue weighted by Gasteiger charge is 2.24. The molecule has 0 fully saturated rings. The standard InChI is InChI=1S/C14H27N3O2/c1-7-15-12(8-11(4)18-5)14-13(19-6)9-16-17(14)10(2)3/h9-12,15H,7-8H2,1-6H3. The number of ether oxygens (including phenoxy) is 2. The lowest BCUT2D eigenvalue weighted by molar-refractivity contribution is 0.0989. The molecule has 0 aliphatic carbocycles. The van der Waals surface area contributed by atoms with E-state index in [1.165, 1.54) is 0 Å². The van der Waals surface area contributed by atoms with Crippen molar-refractivity contribution in [3.63, 3.8) is 0 Å². The van der Waals surface area contributed by atoms with Crippen molar-refractivity contribution in [1.29, 1.82) is 0 Å². The molecule has 2 unspecified atom stereocenters. The van der Waals surface area contributed by atoms with Gasteiger partial charge in [0.25, 0.3) is 0 Å². The summed E-state index contributed by atoms with van der Waals surface area (Å²) in [5.41, 5.74) is 1.10. The van der Waals surface area contributed by atoms with E-state index >= 15 is 0 Å². The Balaban J connectivity index is 3.08. The molecule has 1 N–H and O–H groups in total. The maximum absolute atomic E-state index is 5.45. The maximum Gasteiger partial charge on any atom is 0.161 e. The summed E-state index contributed by atoms with van der Waals surface area (Å²) >= 11 is 0. The van der Waals surface area contributed by atoms with Gasteiger partial charge in [0.1, 0.15) is 0 Å². The molecule has 0 aliphatic rings. The molecular formula is C14H27N3O2. The van der Waals surface area contributed by atoms with E-state index in [4.69, 9.17) is 9.47 Å². The van der Waals surface area contributed by atoms with Gasteiger partial charge in [-0.15, -0.1) is 0 Å². The lowest BCUT2D eigenvalue weighted by Gasteiger charge is -2.24. The number of nitrogens with one attached hydrogen (secondary N) is 1. The quantitative estimate of drug-likeness (QED) is 0.788. The number of aromatic nitrogens is 2. The van der Waals surface area contributed by atoms with Gasteiger partial charge in [-0.2, -0.15) is 5.10 Å². The van der Waals surface area contributed by atoms with E-state index < -0.39 is 0 Å². The average Bonchev–Trinajstić information content (AvgIpc) is 2.81. The molecule has 5 nitrogen and oxygen atoms in total. The Labute approximate surface area is 116 Å². The lowest BCUT2D eigenvalue weighted by Crippen LogP contribution is -2.28. The molecule has 0 saturated carbocycles. The van der Waals surface area contributed by atoms with Gasteiger partial charge in [-0.05, 0) is 33.7 Å². The van der Waals surface area contributed by atoms with Crippen molar-refractivity contribution in [2.75, 3.05) is 20.8 Å². The van der Waals surface area contributed by atoms with Crippen molar-refractivity contribution < 1.29 is 9.47 Å². The van der Waals surface area contributed by atoms with Crippen LogP contribution in [0.4, 0.5) is 0 Å². The van der Waals surface area contributed by atoms with E-state index in [0.29, 0.717) is 6.04 Å². The zero-order valence-electron chi connectivity index (χ0n) is 12.9. The fourth-order valence-electron chi connectivity index (χ4n) is 2.22. The first-order valence-corrected chi connectivity index (χ1v) is 6.92. The monoisotopic (exact) mass is 269 g/mol. The summed E-state index contributed by atoms with van der Waals surface area (Å²) < 4.78 is 12.9.